The van der Waals surface area contributed by atoms with Crippen LogP contribution >= 0.6 is 11.8 Å². The molecule has 31 heavy (non-hydrogen) atoms. The molecule has 0 aliphatic carbocycles. The molecule has 2 aromatic rings. The first-order valence-electron chi connectivity index (χ1n) is 9.97. The van der Waals surface area contributed by atoms with Gasteiger partial charge in [0.25, 0.3) is 5.91 Å². The quantitative estimate of drug-likeness (QED) is 0.550. The van der Waals surface area contributed by atoms with Crippen LogP contribution in [0.15, 0.2) is 52.4 Å². The molecule has 4 nitrogen and oxygen atoms in total. The van der Waals surface area contributed by atoms with E-state index in [1.54, 1.807) is 6.08 Å². The SMILES string of the molecule is CC(C)N=C1S/C(=C\c2ccc3c(c2)CCCO3)C(=O)N1c1cccc(C(F)(F)F)c1. The molecule has 0 spiro atoms. The maximum atomic E-state index is 13.2. The van der Waals surface area contributed by atoms with Crippen LogP contribution in [0.3, 0.4) is 0 Å². The van der Waals surface area contributed by atoms with Crippen molar-refractivity contribution in [2.24, 2.45) is 4.99 Å². The Balaban J connectivity index is 1.72. The Morgan fingerprint density at radius 3 is 2.74 bits per heavy atom. The monoisotopic (exact) mass is 446 g/mol. The van der Waals surface area contributed by atoms with Crippen LogP contribution in [0, 0.1) is 0 Å². The lowest BCUT2D eigenvalue weighted by atomic mass is 10.0. The van der Waals surface area contributed by atoms with Crippen LogP contribution in [-0.2, 0) is 17.4 Å². The van der Waals surface area contributed by atoms with Crippen molar-refractivity contribution in [3.8, 4) is 5.75 Å². The van der Waals surface area contributed by atoms with Gasteiger partial charge in [0.15, 0.2) is 5.17 Å². The Labute approximate surface area is 182 Å². The number of alkyl halides is 3. The van der Waals surface area contributed by atoms with E-state index in [4.69, 9.17) is 4.74 Å². The summed E-state index contributed by atoms with van der Waals surface area (Å²) in [6, 6.07) is 10.4. The van der Waals surface area contributed by atoms with Crippen LogP contribution in [0.2, 0.25) is 0 Å². The predicted octanol–water partition coefficient (Wildman–Crippen LogP) is 5.92. The van der Waals surface area contributed by atoms with E-state index in [-0.39, 0.29) is 11.7 Å². The van der Waals surface area contributed by atoms with Crippen LogP contribution < -0.4 is 9.64 Å². The lowest BCUT2D eigenvalue weighted by Gasteiger charge is -2.18. The van der Waals surface area contributed by atoms with Gasteiger partial charge in [0.05, 0.1) is 22.8 Å². The summed E-state index contributed by atoms with van der Waals surface area (Å²) in [5.74, 6) is 0.462. The Hall–Kier alpha value is -2.74. The number of hydrogen-bond acceptors (Lipinski definition) is 4. The van der Waals surface area contributed by atoms with E-state index in [1.807, 2.05) is 32.0 Å². The summed E-state index contributed by atoms with van der Waals surface area (Å²) in [5.41, 5.74) is 1.27. The van der Waals surface area contributed by atoms with Gasteiger partial charge in [0.2, 0.25) is 0 Å². The zero-order chi connectivity index (χ0) is 22.2. The highest BCUT2D eigenvalue weighted by Gasteiger charge is 2.37. The van der Waals surface area contributed by atoms with Gasteiger partial charge in [-0.2, -0.15) is 13.2 Å². The molecule has 8 heteroatoms. The third kappa shape index (κ3) is 4.63. The summed E-state index contributed by atoms with van der Waals surface area (Å²) >= 11 is 1.17. The van der Waals surface area contributed by atoms with Gasteiger partial charge >= 0.3 is 6.18 Å². The van der Waals surface area contributed by atoms with Crippen molar-refractivity contribution in [2.45, 2.75) is 38.9 Å². The Morgan fingerprint density at radius 2 is 2.00 bits per heavy atom. The van der Waals surface area contributed by atoms with Gasteiger partial charge in [-0.25, -0.2) is 0 Å². The lowest BCUT2D eigenvalue weighted by molar-refractivity contribution is -0.137. The first-order chi connectivity index (χ1) is 14.7. The number of halogens is 3. The normalized spacial score (nSPS) is 19.3. The number of hydrogen-bond donors (Lipinski definition) is 0. The number of aryl methyl sites for hydroxylation is 1. The number of ether oxygens (including phenoxy) is 1. The number of rotatable bonds is 3. The van der Waals surface area contributed by atoms with Gasteiger partial charge in [0, 0.05) is 6.04 Å². The zero-order valence-corrected chi connectivity index (χ0v) is 17.9. The molecular formula is C23H21F3N2O2S. The second-order valence-electron chi connectivity index (χ2n) is 7.62. The van der Waals surface area contributed by atoms with Crippen molar-refractivity contribution in [2.75, 3.05) is 11.5 Å². The molecule has 0 atom stereocenters. The van der Waals surface area contributed by atoms with Crippen molar-refractivity contribution in [3.63, 3.8) is 0 Å². The van der Waals surface area contributed by atoms with E-state index >= 15 is 0 Å². The zero-order valence-electron chi connectivity index (χ0n) is 17.1. The van der Waals surface area contributed by atoms with Gasteiger partial charge in [-0.15, -0.1) is 0 Å². The topological polar surface area (TPSA) is 41.9 Å². The van der Waals surface area contributed by atoms with E-state index in [2.05, 4.69) is 4.99 Å². The number of carbonyl (C=O) groups is 1. The number of aliphatic imine (C=N–C) groups is 1. The van der Waals surface area contributed by atoms with Crippen molar-refractivity contribution in [3.05, 3.63) is 64.1 Å². The number of thioether (sulfide) groups is 1. The van der Waals surface area contributed by atoms with Gasteiger partial charge in [0.1, 0.15) is 5.75 Å². The minimum Gasteiger partial charge on any atom is -0.493 e. The van der Waals surface area contributed by atoms with Gasteiger partial charge in [-0.1, -0.05) is 12.1 Å². The number of nitrogens with zero attached hydrogens (tertiary/aromatic N) is 2. The van der Waals surface area contributed by atoms with Crippen molar-refractivity contribution < 1.29 is 22.7 Å². The maximum Gasteiger partial charge on any atom is 0.416 e. The Bertz CT molecular complexity index is 1080. The third-order valence-corrected chi connectivity index (χ3v) is 5.82. The van der Waals surface area contributed by atoms with Crippen LogP contribution in [-0.4, -0.2) is 23.7 Å². The molecule has 4 rings (SSSR count). The number of benzene rings is 2. The predicted molar refractivity (Wildman–Crippen MR) is 117 cm³/mol. The summed E-state index contributed by atoms with van der Waals surface area (Å²) in [7, 11) is 0. The molecule has 0 N–H and O–H groups in total. The molecule has 0 radical (unpaired) electrons. The Morgan fingerprint density at radius 1 is 1.19 bits per heavy atom. The van der Waals surface area contributed by atoms with Gasteiger partial charge in [-0.3, -0.25) is 14.7 Å². The van der Waals surface area contributed by atoms with Gasteiger partial charge < -0.3 is 4.74 Å². The average molecular weight is 446 g/mol. The number of fused-ring (bicyclic) bond motifs is 1. The standard InChI is InChI=1S/C23H21F3N2O2S/c1-14(2)27-22-28(18-7-3-6-17(13-18)23(24,25)26)21(29)20(31-22)12-15-8-9-19-16(11-15)5-4-10-30-19/h3,6-9,11-14H,4-5,10H2,1-2H3/b20-12-,27-22?. The smallest absolute Gasteiger partial charge is 0.416 e. The fourth-order valence-corrected chi connectivity index (χ4v) is 4.56. The van der Waals surface area contributed by atoms with E-state index < -0.39 is 17.6 Å². The average Bonchev–Trinajstić information content (AvgIpc) is 3.01. The summed E-state index contributed by atoms with van der Waals surface area (Å²) in [6.45, 7) is 4.41. The molecule has 0 saturated carbocycles. The minimum atomic E-state index is -4.49. The van der Waals surface area contributed by atoms with E-state index in [0.717, 1.165) is 41.9 Å². The fraction of sp³-hybridized carbons (Fsp3) is 0.304. The summed E-state index contributed by atoms with van der Waals surface area (Å²) in [6.07, 6.45) is -0.893. The second kappa shape index (κ2) is 8.42. The molecule has 0 aromatic heterocycles. The molecule has 2 aliphatic rings. The fourth-order valence-electron chi connectivity index (χ4n) is 3.45. The van der Waals surface area contributed by atoms with Gasteiger partial charge in [-0.05, 0) is 86.0 Å². The highest BCUT2D eigenvalue weighted by Crippen LogP contribution is 2.39. The van der Waals surface area contributed by atoms with Crippen LogP contribution in [0.5, 0.6) is 5.75 Å². The molecule has 1 fully saturated rings. The van der Waals surface area contributed by atoms with Crippen molar-refractivity contribution in [1.82, 2.24) is 0 Å². The largest absolute Gasteiger partial charge is 0.493 e. The molecule has 1 amide bonds. The van der Waals surface area contributed by atoms with Crippen LogP contribution in [0.4, 0.5) is 18.9 Å². The van der Waals surface area contributed by atoms with E-state index in [0.29, 0.717) is 16.7 Å². The Kier molecular flexibility index (Phi) is 5.83. The highest BCUT2D eigenvalue weighted by atomic mass is 32.2. The van der Waals surface area contributed by atoms with Crippen molar-refractivity contribution in [1.29, 1.82) is 0 Å². The molecule has 2 heterocycles. The molecule has 1 saturated heterocycles. The summed E-state index contributed by atoms with van der Waals surface area (Å²) < 4.78 is 45.2. The van der Waals surface area contributed by atoms with Crippen molar-refractivity contribution >= 4 is 34.6 Å². The number of anilines is 1. The minimum absolute atomic E-state index is 0.121. The summed E-state index contributed by atoms with van der Waals surface area (Å²) in [5, 5.41) is 0.367. The lowest BCUT2D eigenvalue weighted by Crippen LogP contribution is -2.29. The van der Waals surface area contributed by atoms with Crippen LogP contribution in [0.1, 0.15) is 37.0 Å². The second-order valence-corrected chi connectivity index (χ2v) is 8.63. The van der Waals surface area contributed by atoms with E-state index in [9.17, 15) is 18.0 Å². The first kappa shape index (κ1) is 21.5. The summed E-state index contributed by atoms with van der Waals surface area (Å²) in [4.78, 5) is 19.4. The number of amidine groups is 1. The molecule has 2 aliphatic heterocycles. The molecule has 0 unspecified atom stereocenters. The van der Waals surface area contributed by atoms with Crippen LogP contribution in [0.25, 0.3) is 6.08 Å². The highest BCUT2D eigenvalue weighted by molar-refractivity contribution is 8.19. The van der Waals surface area contributed by atoms with E-state index in [1.165, 1.54) is 28.8 Å². The molecule has 162 valence electrons. The molecule has 2 aromatic carbocycles. The maximum absolute atomic E-state index is 13.2. The number of amides is 1. The molecular weight excluding hydrogens is 425 g/mol. The first-order valence-corrected chi connectivity index (χ1v) is 10.8. The third-order valence-electron chi connectivity index (χ3n) is 4.84. The number of carbonyl (C=O) groups excluding carboxylic acids is 1. The molecule has 0 bridgehead atoms.